The van der Waals surface area contributed by atoms with Crippen molar-refractivity contribution < 1.29 is 0 Å². The van der Waals surface area contributed by atoms with E-state index in [2.05, 4.69) is 44.1 Å². The molecule has 3 saturated heterocycles. The second-order valence-corrected chi connectivity index (χ2v) is 8.63. The summed E-state index contributed by atoms with van der Waals surface area (Å²) >= 11 is 0. The van der Waals surface area contributed by atoms with E-state index in [1.807, 2.05) is 6.20 Å². The van der Waals surface area contributed by atoms with Crippen LogP contribution in [0.5, 0.6) is 0 Å². The third-order valence-corrected chi connectivity index (χ3v) is 7.15. The van der Waals surface area contributed by atoms with Gasteiger partial charge in [-0.1, -0.05) is 13.3 Å². The molecule has 3 aliphatic rings. The SMILES string of the molecule is CCC1CCCCN1CC1CCNCC1N1CCC(n2cccn2)CC1. The monoisotopic (exact) mass is 359 g/mol. The molecule has 1 aromatic heterocycles. The predicted octanol–water partition coefficient (Wildman–Crippen LogP) is 2.76. The minimum atomic E-state index is 0.600. The average molecular weight is 360 g/mol. The van der Waals surface area contributed by atoms with Gasteiger partial charge >= 0.3 is 0 Å². The van der Waals surface area contributed by atoms with Gasteiger partial charge in [0.25, 0.3) is 0 Å². The van der Waals surface area contributed by atoms with Crippen molar-refractivity contribution in [1.29, 1.82) is 0 Å². The molecule has 4 rings (SSSR count). The minimum absolute atomic E-state index is 0.600. The number of hydrogen-bond donors (Lipinski definition) is 1. The maximum Gasteiger partial charge on any atom is 0.0543 e. The third-order valence-electron chi connectivity index (χ3n) is 7.15. The summed E-state index contributed by atoms with van der Waals surface area (Å²) in [6.07, 6.45) is 13.5. The standard InChI is InChI=1S/C21H37N5/c1-2-19-6-3-4-12-25(19)17-18-7-11-22-16-21(18)24-14-8-20(9-15-24)26-13-5-10-23-26/h5,10,13,18-22H,2-4,6-9,11-12,14-17H2,1H3. The predicted molar refractivity (Wildman–Crippen MR) is 106 cm³/mol. The Bertz CT molecular complexity index is 523. The van der Waals surface area contributed by atoms with Gasteiger partial charge in [0.05, 0.1) is 6.04 Å². The van der Waals surface area contributed by atoms with Gasteiger partial charge in [-0.2, -0.15) is 5.10 Å². The molecule has 3 fully saturated rings. The zero-order chi connectivity index (χ0) is 17.8. The van der Waals surface area contributed by atoms with E-state index in [9.17, 15) is 0 Å². The Morgan fingerprint density at radius 2 is 1.96 bits per heavy atom. The van der Waals surface area contributed by atoms with Crippen molar-refractivity contribution in [3.63, 3.8) is 0 Å². The number of rotatable bonds is 5. The van der Waals surface area contributed by atoms with Crippen molar-refractivity contribution in [3.05, 3.63) is 18.5 Å². The molecule has 0 radical (unpaired) electrons. The van der Waals surface area contributed by atoms with Crippen LogP contribution in [0.15, 0.2) is 18.5 Å². The van der Waals surface area contributed by atoms with Gasteiger partial charge in [0, 0.05) is 50.7 Å². The lowest BCUT2D eigenvalue weighted by atomic mass is 9.87. The summed E-state index contributed by atoms with van der Waals surface area (Å²) in [6, 6.07) is 4.21. The van der Waals surface area contributed by atoms with E-state index in [1.54, 1.807) is 0 Å². The Kier molecular flexibility index (Phi) is 6.28. The topological polar surface area (TPSA) is 36.3 Å². The fraction of sp³-hybridized carbons (Fsp3) is 0.857. The van der Waals surface area contributed by atoms with Crippen molar-refractivity contribution in [1.82, 2.24) is 24.9 Å². The third kappa shape index (κ3) is 4.15. The lowest BCUT2D eigenvalue weighted by Crippen LogP contribution is -2.56. The van der Waals surface area contributed by atoms with Gasteiger partial charge in [0.1, 0.15) is 0 Å². The van der Waals surface area contributed by atoms with Crippen LogP contribution in [0.25, 0.3) is 0 Å². The molecule has 0 aromatic carbocycles. The van der Waals surface area contributed by atoms with E-state index in [0.29, 0.717) is 6.04 Å². The van der Waals surface area contributed by atoms with E-state index >= 15 is 0 Å². The second-order valence-electron chi connectivity index (χ2n) is 8.63. The molecule has 0 saturated carbocycles. The lowest BCUT2D eigenvalue weighted by Gasteiger charge is -2.46. The summed E-state index contributed by atoms with van der Waals surface area (Å²) in [7, 11) is 0. The minimum Gasteiger partial charge on any atom is -0.315 e. The van der Waals surface area contributed by atoms with Crippen LogP contribution in [-0.2, 0) is 0 Å². The smallest absolute Gasteiger partial charge is 0.0543 e. The summed E-state index contributed by atoms with van der Waals surface area (Å²) in [4.78, 5) is 5.63. The number of likely N-dealkylation sites (tertiary alicyclic amines) is 2. The van der Waals surface area contributed by atoms with Gasteiger partial charge in [0.15, 0.2) is 0 Å². The van der Waals surface area contributed by atoms with Crippen molar-refractivity contribution in [2.24, 2.45) is 5.92 Å². The van der Waals surface area contributed by atoms with Crippen molar-refractivity contribution in [2.45, 2.75) is 70.0 Å². The fourth-order valence-corrected chi connectivity index (χ4v) is 5.58. The number of nitrogens with zero attached hydrogens (tertiary/aromatic N) is 4. The molecule has 3 atom stereocenters. The first-order valence-corrected chi connectivity index (χ1v) is 11.0. The molecular formula is C21H37N5. The van der Waals surface area contributed by atoms with Crippen LogP contribution in [0.4, 0.5) is 0 Å². The molecule has 5 heteroatoms. The Morgan fingerprint density at radius 1 is 1.08 bits per heavy atom. The molecule has 26 heavy (non-hydrogen) atoms. The van der Waals surface area contributed by atoms with Crippen LogP contribution in [0, 0.1) is 5.92 Å². The largest absolute Gasteiger partial charge is 0.315 e. The molecule has 3 aliphatic heterocycles. The van der Waals surface area contributed by atoms with Gasteiger partial charge in [-0.25, -0.2) is 0 Å². The summed E-state index contributed by atoms with van der Waals surface area (Å²) in [5.74, 6) is 0.838. The molecule has 0 bridgehead atoms. The van der Waals surface area contributed by atoms with Gasteiger partial charge in [-0.05, 0) is 63.6 Å². The van der Waals surface area contributed by atoms with Crippen LogP contribution in [0.3, 0.4) is 0 Å². The zero-order valence-corrected chi connectivity index (χ0v) is 16.5. The molecule has 1 aromatic rings. The van der Waals surface area contributed by atoms with Crippen molar-refractivity contribution in [3.8, 4) is 0 Å². The first kappa shape index (κ1) is 18.5. The molecule has 0 spiro atoms. The molecule has 1 N–H and O–H groups in total. The molecule has 5 nitrogen and oxygen atoms in total. The van der Waals surface area contributed by atoms with Crippen molar-refractivity contribution in [2.75, 3.05) is 39.3 Å². The number of aromatic nitrogens is 2. The number of nitrogens with one attached hydrogen (secondary N) is 1. The highest BCUT2D eigenvalue weighted by atomic mass is 15.3. The van der Waals surface area contributed by atoms with Crippen LogP contribution in [0.2, 0.25) is 0 Å². The van der Waals surface area contributed by atoms with E-state index in [4.69, 9.17) is 0 Å². The Morgan fingerprint density at radius 3 is 2.73 bits per heavy atom. The molecule has 4 heterocycles. The number of hydrogen-bond acceptors (Lipinski definition) is 4. The van der Waals surface area contributed by atoms with Gasteiger partial charge in [0.2, 0.25) is 0 Å². The number of piperidine rings is 3. The van der Waals surface area contributed by atoms with Crippen LogP contribution < -0.4 is 5.32 Å². The van der Waals surface area contributed by atoms with E-state index in [1.165, 1.54) is 84.2 Å². The second kappa shape index (κ2) is 8.85. The molecule has 0 amide bonds. The van der Waals surface area contributed by atoms with E-state index in [0.717, 1.165) is 18.0 Å². The summed E-state index contributed by atoms with van der Waals surface area (Å²) < 4.78 is 2.17. The summed E-state index contributed by atoms with van der Waals surface area (Å²) in [6.45, 7) is 9.87. The Balaban J connectivity index is 1.35. The van der Waals surface area contributed by atoms with Crippen LogP contribution in [-0.4, -0.2) is 70.9 Å². The Labute approximate surface area is 159 Å². The van der Waals surface area contributed by atoms with Gasteiger partial charge in [-0.3, -0.25) is 9.58 Å². The van der Waals surface area contributed by atoms with Crippen molar-refractivity contribution >= 4 is 0 Å². The molecular weight excluding hydrogens is 322 g/mol. The highest BCUT2D eigenvalue weighted by Crippen LogP contribution is 2.29. The average Bonchev–Trinajstić information content (AvgIpc) is 3.24. The maximum atomic E-state index is 4.47. The molecule has 0 aliphatic carbocycles. The van der Waals surface area contributed by atoms with Crippen LogP contribution >= 0.6 is 0 Å². The molecule has 146 valence electrons. The lowest BCUT2D eigenvalue weighted by molar-refractivity contribution is 0.0402. The van der Waals surface area contributed by atoms with Gasteiger partial charge in [-0.15, -0.1) is 0 Å². The van der Waals surface area contributed by atoms with E-state index in [-0.39, 0.29) is 0 Å². The quantitative estimate of drug-likeness (QED) is 0.877. The fourth-order valence-electron chi connectivity index (χ4n) is 5.58. The van der Waals surface area contributed by atoms with Gasteiger partial charge < -0.3 is 10.2 Å². The first-order chi connectivity index (χ1) is 12.8. The first-order valence-electron chi connectivity index (χ1n) is 11.0. The summed E-state index contributed by atoms with van der Waals surface area (Å²) in [5.41, 5.74) is 0. The normalized spacial score (nSPS) is 32.7. The highest BCUT2D eigenvalue weighted by Gasteiger charge is 2.35. The Hall–Kier alpha value is -0.910. The molecule has 3 unspecified atom stereocenters. The van der Waals surface area contributed by atoms with E-state index < -0.39 is 0 Å². The zero-order valence-electron chi connectivity index (χ0n) is 16.5. The maximum absolute atomic E-state index is 4.47. The summed E-state index contributed by atoms with van der Waals surface area (Å²) in [5, 5.41) is 8.15. The van der Waals surface area contributed by atoms with Crippen LogP contribution in [0.1, 0.15) is 57.9 Å². The highest BCUT2D eigenvalue weighted by molar-refractivity contribution is 4.92.